The summed E-state index contributed by atoms with van der Waals surface area (Å²) in [5, 5.41) is 4.49. The molecule has 0 saturated carbocycles. The first-order valence-electron chi connectivity index (χ1n) is 8.70. The molecule has 3 rings (SSSR count). The van der Waals surface area contributed by atoms with Gasteiger partial charge in [-0.25, -0.2) is 13.9 Å². The van der Waals surface area contributed by atoms with Crippen molar-refractivity contribution in [3.8, 4) is 16.9 Å². The van der Waals surface area contributed by atoms with E-state index in [0.29, 0.717) is 11.3 Å². The molecule has 3 aromatic rings. The summed E-state index contributed by atoms with van der Waals surface area (Å²) in [5.41, 5.74) is 1.85. The smallest absolute Gasteiger partial charge is 0.342 e. The molecule has 0 aliphatic rings. The summed E-state index contributed by atoms with van der Waals surface area (Å²) in [4.78, 5) is 26.1. The van der Waals surface area contributed by atoms with E-state index in [2.05, 4.69) is 5.10 Å². The van der Waals surface area contributed by atoms with Crippen molar-refractivity contribution in [1.82, 2.24) is 14.7 Å². The molecule has 6 nitrogen and oxygen atoms in total. The quantitative estimate of drug-likeness (QED) is 0.636. The Morgan fingerprint density at radius 3 is 2.32 bits per heavy atom. The molecule has 1 atom stereocenters. The van der Waals surface area contributed by atoms with Crippen LogP contribution in [0.4, 0.5) is 4.39 Å². The van der Waals surface area contributed by atoms with E-state index in [0.717, 1.165) is 5.69 Å². The van der Waals surface area contributed by atoms with Crippen molar-refractivity contribution in [1.29, 1.82) is 0 Å². The van der Waals surface area contributed by atoms with Crippen LogP contribution in [-0.4, -0.2) is 46.8 Å². The van der Waals surface area contributed by atoms with Gasteiger partial charge < -0.3 is 9.64 Å². The van der Waals surface area contributed by atoms with Crippen LogP contribution in [0.25, 0.3) is 16.9 Å². The fourth-order valence-corrected chi connectivity index (χ4v) is 2.70. The summed E-state index contributed by atoms with van der Waals surface area (Å²) < 4.78 is 20.2. The van der Waals surface area contributed by atoms with Gasteiger partial charge in [-0.1, -0.05) is 18.2 Å². The van der Waals surface area contributed by atoms with Gasteiger partial charge in [0.2, 0.25) is 0 Å². The standard InChI is InChI=1S/C21H20FN3O3/c1-14(20(26)24(2)3)28-21(27)18-13-25(17-7-5-4-6-8-17)23-19(18)15-9-11-16(22)12-10-15/h4-14H,1-3H3/t14-/m0/s1. The first-order valence-corrected chi connectivity index (χ1v) is 8.70. The monoisotopic (exact) mass is 381 g/mol. The van der Waals surface area contributed by atoms with Gasteiger partial charge in [-0.05, 0) is 43.3 Å². The first kappa shape index (κ1) is 19.3. The molecule has 0 aliphatic heterocycles. The number of ether oxygens (including phenoxy) is 1. The lowest BCUT2D eigenvalue weighted by Crippen LogP contribution is -2.34. The minimum atomic E-state index is -0.941. The molecular weight excluding hydrogens is 361 g/mol. The summed E-state index contributed by atoms with van der Waals surface area (Å²) in [6.45, 7) is 1.51. The molecule has 28 heavy (non-hydrogen) atoms. The normalized spacial score (nSPS) is 11.7. The van der Waals surface area contributed by atoms with E-state index in [1.165, 1.54) is 36.1 Å². The Bertz CT molecular complexity index is 982. The fraction of sp³-hybridized carbons (Fsp3) is 0.190. The molecule has 0 fully saturated rings. The summed E-state index contributed by atoms with van der Waals surface area (Å²) in [6, 6.07) is 14.9. The van der Waals surface area contributed by atoms with E-state index in [4.69, 9.17) is 4.74 Å². The predicted octanol–water partition coefficient (Wildman–Crippen LogP) is 3.31. The van der Waals surface area contributed by atoms with Gasteiger partial charge in [0.05, 0.1) is 5.69 Å². The number of rotatable bonds is 5. The van der Waals surface area contributed by atoms with Crippen LogP contribution in [0.15, 0.2) is 60.8 Å². The topological polar surface area (TPSA) is 64.4 Å². The van der Waals surface area contributed by atoms with E-state index in [1.54, 1.807) is 25.0 Å². The Hall–Kier alpha value is -3.48. The zero-order chi connectivity index (χ0) is 20.3. The number of esters is 1. The van der Waals surface area contributed by atoms with Crippen LogP contribution in [0.1, 0.15) is 17.3 Å². The number of carbonyl (C=O) groups excluding carboxylic acids is 2. The van der Waals surface area contributed by atoms with Crippen LogP contribution >= 0.6 is 0 Å². The van der Waals surface area contributed by atoms with Gasteiger partial charge in [0.15, 0.2) is 6.10 Å². The van der Waals surface area contributed by atoms with Crippen molar-refractivity contribution >= 4 is 11.9 Å². The molecule has 0 bridgehead atoms. The highest BCUT2D eigenvalue weighted by atomic mass is 19.1. The van der Waals surface area contributed by atoms with Crippen LogP contribution in [-0.2, 0) is 9.53 Å². The van der Waals surface area contributed by atoms with E-state index >= 15 is 0 Å². The highest BCUT2D eigenvalue weighted by Crippen LogP contribution is 2.25. The molecular formula is C21H20FN3O3. The minimum absolute atomic E-state index is 0.189. The maximum absolute atomic E-state index is 13.3. The van der Waals surface area contributed by atoms with E-state index < -0.39 is 12.1 Å². The zero-order valence-corrected chi connectivity index (χ0v) is 15.8. The van der Waals surface area contributed by atoms with Crippen LogP contribution in [0, 0.1) is 5.82 Å². The summed E-state index contributed by atoms with van der Waals surface area (Å²) in [5.74, 6) is -1.39. The molecule has 2 aromatic carbocycles. The average Bonchev–Trinajstić information content (AvgIpc) is 3.14. The molecule has 1 aromatic heterocycles. The Kier molecular flexibility index (Phi) is 5.54. The third-order valence-corrected chi connectivity index (χ3v) is 4.14. The van der Waals surface area contributed by atoms with E-state index in [1.807, 2.05) is 30.3 Å². The van der Waals surface area contributed by atoms with Crippen molar-refractivity contribution in [2.75, 3.05) is 14.1 Å². The predicted molar refractivity (Wildman–Crippen MR) is 103 cm³/mol. The molecule has 7 heteroatoms. The first-order chi connectivity index (χ1) is 13.4. The molecule has 0 spiro atoms. The Morgan fingerprint density at radius 1 is 1.07 bits per heavy atom. The molecule has 0 aliphatic carbocycles. The highest BCUT2D eigenvalue weighted by molar-refractivity contribution is 5.97. The Labute approximate surface area is 162 Å². The Morgan fingerprint density at radius 2 is 1.71 bits per heavy atom. The lowest BCUT2D eigenvalue weighted by Gasteiger charge is -2.17. The lowest BCUT2D eigenvalue weighted by molar-refractivity contribution is -0.137. The minimum Gasteiger partial charge on any atom is -0.449 e. The summed E-state index contributed by atoms with van der Waals surface area (Å²) >= 11 is 0. The van der Waals surface area contributed by atoms with Crippen molar-refractivity contribution in [3.05, 3.63) is 72.2 Å². The largest absolute Gasteiger partial charge is 0.449 e. The molecule has 0 unspecified atom stereocenters. The number of hydrogen-bond acceptors (Lipinski definition) is 4. The summed E-state index contributed by atoms with van der Waals surface area (Å²) in [6.07, 6.45) is 0.604. The van der Waals surface area contributed by atoms with Crippen LogP contribution in [0.2, 0.25) is 0 Å². The highest BCUT2D eigenvalue weighted by Gasteiger charge is 2.25. The zero-order valence-electron chi connectivity index (χ0n) is 15.8. The van der Waals surface area contributed by atoms with Gasteiger partial charge >= 0.3 is 5.97 Å². The molecule has 1 amide bonds. The summed E-state index contributed by atoms with van der Waals surface area (Å²) in [7, 11) is 3.17. The second-order valence-electron chi connectivity index (χ2n) is 6.46. The lowest BCUT2D eigenvalue weighted by atomic mass is 10.1. The van der Waals surface area contributed by atoms with Gasteiger partial charge in [-0.15, -0.1) is 0 Å². The number of hydrogen-bond donors (Lipinski definition) is 0. The van der Waals surface area contributed by atoms with Crippen LogP contribution < -0.4 is 0 Å². The number of halogens is 1. The van der Waals surface area contributed by atoms with Crippen molar-refractivity contribution < 1.29 is 18.7 Å². The molecule has 0 N–H and O–H groups in total. The maximum Gasteiger partial charge on any atom is 0.342 e. The van der Waals surface area contributed by atoms with Crippen molar-refractivity contribution in [3.63, 3.8) is 0 Å². The fourth-order valence-electron chi connectivity index (χ4n) is 2.70. The Balaban J connectivity index is 2.00. The van der Waals surface area contributed by atoms with Gasteiger partial charge in [0, 0.05) is 25.9 Å². The third-order valence-electron chi connectivity index (χ3n) is 4.14. The maximum atomic E-state index is 13.3. The van der Waals surface area contributed by atoms with Gasteiger partial charge in [0.25, 0.3) is 5.91 Å². The molecule has 1 heterocycles. The van der Waals surface area contributed by atoms with E-state index in [-0.39, 0.29) is 17.3 Å². The second-order valence-corrected chi connectivity index (χ2v) is 6.46. The number of likely N-dealkylation sites (N-methyl/N-ethyl adjacent to an activating group) is 1. The number of carbonyl (C=O) groups is 2. The number of aromatic nitrogens is 2. The average molecular weight is 381 g/mol. The van der Waals surface area contributed by atoms with Gasteiger partial charge in [0.1, 0.15) is 17.1 Å². The van der Waals surface area contributed by atoms with Gasteiger partial charge in [-0.3, -0.25) is 4.79 Å². The number of nitrogens with zero attached hydrogens (tertiary/aromatic N) is 3. The number of para-hydroxylation sites is 1. The molecule has 144 valence electrons. The van der Waals surface area contributed by atoms with Crippen molar-refractivity contribution in [2.45, 2.75) is 13.0 Å². The van der Waals surface area contributed by atoms with E-state index in [9.17, 15) is 14.0 Å². The molecule has 0 saturated heterocycles. The van der Waals surface area contributed by atoms with Crippen LogP contribution in [0.3, 0.4) is 0 Å². The number of benzene rings is 2. The van der Waals surface area contributed by atoms with Crippen molar-refractivity contribution in [2.24, 2.45) is 0 Å². The van der Waals surface area contributed by atoms with Gasteiger partial charge in [-0.2, -0.15) is 5.10 Å². The van der Waals surface area contributed by atoms with Crippen LogP contribution in [0.5, 0.6) is 0 Å². The third kappa shape index (κ3) is 4.09. The molecule has 0 radical (unpaired) electrons. The SMILES string of the molecule is C[C@H](OC(=O)c1cn(-c2ccccc2)nc1-c1ccc(F)cc1)C(=O)N(C)C. The second kappa shape index (κ2) is 8.04. The number of amides is 1.